The van der Waals surface area contributed by atoms with Gasteiger partial charge in [-0.25, -0.2) is 4.79 Å². The predicted octanol–water partition coefficient (Wildman–Crippen LogP) is -0.777. The smallest absolute Gasteiger partial charge is 0.326 e. The van der Waals surface area contributed by atoms with Crippen molar-refractivity contribution in [1.29, 1.82) is 0 Å². The second-order valence-electron chi connectivity index (χ2n) is 4.18. The highest BCUT2D eigenvalue weighted by Gasteiger charge is 2.25. The summed E-state index contributed by atoms with van der Waals surface area (Å²) < 4.78 is 0. The maximum atomic E-state index is 11.6. The van der Waals surface area contributed by atoms with Crippen LogP contribution in [0.1, 0.15) is 26.7 Å². The highest BCUT2D eigenvalue weighted by atomic mass is 16.4. The summed E-state index contributed by atoms with van der Waals surface area (Å²) in [5.41, 5.74) is 8.13. The minimum atomic E-state index is -1.28. The van der Waals surface area contributed by atoms with Gasteiger partial charge in [-0.2, -0.15) is 4.79 Å². The van der Waals surface area contributed by atoms with E-state index in [1.165, 1.54) is 13.8 Å². The van der Waals surface area contributed by atoms with Gasteiger partial charge in [-0.1, -0.05) is 6.92 Å². The minimum absolute atomic E-state index is 0.127. The fourth-order valence-electron chi connectivity index (χ4n) is 1.20. The normalized spacial score (nSPS) is 14.7. The highest BCUT2D eigenvalue weighted by molar-refractivity contribution is 6.25. The number of amides is 1. The van der Waals surface area contributed by atoms with Gasteiger partial charge in [0.1, 0.15) is 6.04 Å². The Labute approximate surface area is 110 Å². The summed E-state index contributed by atoms with van der Waals surface area (Å²) in [7, 11) is 0. The van der Waals surface area contributed by atoms with Crippen molar-refractivity contribution in [1.82, 2.24) is 5.32 Å². The summed E-state index contributed by atoms with van der Waals surface area (Å²) in [5, 5.41) is 20.4. The van der Waals surface area contributed by atoms with Crippen LogP contribution in [0.3, 0.4) is 0 Å². The SMILES string of the molecule is C[C@H](O)[C@@H](C)C(=O)N[C@@H](CCC(=O)C=[N+]=[N-])C(=O)O. The molecule has 3 N–H and O–H groups in total. The molecule has 0 aliphatic rings. The number of carbonyl (C=O) groups is 3. The third-order valence-electron chi connectivity index (χ3n) is 2.63. The number of nitrogens with zero attached hydrogens (tertiary/aromatic N) is 2. The van der Waals surface area contributed by atoms with Crippen molar-refractivity contribution in [2.24, 2.45) is 5.92 Å². The molecule has 1 amide bonds. The van der Waals surface area contributed by atoms with Crippen LogP contribution in [0.15, 0.2) is 0 Å². The van der Waals surface area contributed by atoms with E-state index in [0.717, 1.165) is 0 Å². The van der Waals surface area contributed by atoms with E-state index in [4.69, 9.17) is 10.6 Å². The summed E-state index contributed by atoms with van der Waals surface area (Å²) in [6, 6.07) is -1.23. The van der Waals surface area contributed by atoms with Gasteiger partial charge in [-0.15, -0.1) is 0 Å². The van der Waals surface area contributed by atoms with Crippen molar-refractivity contribution in [2.45, 2.75) is 38.8 Å². The van der Waals surface area contributed by atoms with Crippen LogP contribution in [0.4, 0.5) is 0 Å². The molecule has 0 aliphatic carbocycles. The third-order valence-corrected chi connectivity index (χ3v) is 2.63. The Morgan fingerprint density at radius 2 is 1.95 bits per heavy atom. The van der Waals surface area contributed by atoms with Crippen LogP contribution in [0, 0.1) is 5.92 Å². The molecule has 8 heteroatoms. The number of carboxylic acids is 1. The maximum Gasteiger partial charge on any atom is 0.326 e. The first-order chi connectivity index (χ1) is 8.79. The molecule has 0 aromatic heterocycles. The molecule has 3 atom stereocenters. The molecule has 8 nitrogen and oxygen atoms in total. The lowest BCUT2D eigenvalue weighted by Crippen LogP contribution is -2.45. The van der Waals surface area contributed by atoms with Gasteiger partial charge < -0.3 is 21.1 Å². The minimum Gasteiger partial charge on any atom is -0.480 e. The first-order valence-electron chi connectivity index (χ1n) is 5.71. The van der Waals surface area contributed by atoms with Gasteiger partial charge >= 0.3 is 12.2 Å². The number of nitrogens with one attached hydrogen (secondary N) is 1. The second-order valence-corrected chi connectivity index (χ2v) is 4.18. The van der Waals surface area contributed by atoms with E-state index < -0.39 is 35.7 Å². The number of carbonyl (C=O) groups excluding carboxylic acids is 2. The molecule has 0 rings (SSSR count). The molecule has 0 aliphatic heterocycles. The molecule has 0 bridgehead atoms. The number of hydrogen-bond donors (Lipinski definition) is 3. The Hall–Kier alpha value is -2.05. The maximum absolute atomic E-state index is 11.6. The van der Waals surface area contributed by atoms with Crippen LogP contribution >= 0.6 is 0 Å². The van der Waals surface area contributed by atoms with E-state index >= 15 is 0 Å². The molecule has 106 valence electrons. The van der Waals surface area contributed by atoms with Crippen molar-refractivity contribution in [3.63, 3.8) is 0 Å². The largest absolute Gasteiger partial charge is 0.480 e. The highest BCUT2D eigenvalue weighted by Crippen LogP contribution is 2.05. The molecule has 0 saturated heterocycles. The van der Waals surface area contributed by atoms with Crippen molar-refractivity contribution >= 4 is 23.9 Å². The number of hydrogen-bond acceptors (Lipinski definition) is 4. The predicted molar refractivity (Wildman–Crippen MR) is 64.3 cm³/mol. The molecule has 0 aromatic rings. The first kappa shape index (κ1) is 16.9. The monoisotopic (exact) mass is 271 g/mol. The van der Waals surface area contributed by atoms with E-state index in [0.29, 0.717) is 6.21 Å². The van der Waals surface area contributed by atoms with Crippen LogP contribution in [-0.4, -0.2) is 51.0 Å². The van der Waals surface area contributed by atoms with Gasteiger partial charge in [0, 0.05) is 6.42 Å². The number of aliphatic hydroxyl groups excluding tert-OH is 1. The topological polar surface area (TPSA) is 140 Å². The van der Waals surface area contributed by atoms with Gasteiger partial charge in [0.15, 0.2) is 0 Å². The Kier molecular flexibility index (Phi) is 7.25. The Morgan fingerprint density at radius 1 is 1.37 bits per heavy atom. The number of Topliss-reactive ketones (excluding diaryl/α,β-unsaturated/α-hetero) is 1. The van der Waals surface area contributed by atoms with Gasteiger partial charge in [0.25, 0.3) is 0 Å². The van der Waals surface area contributed by atoms with Gasteiger partial charge in [0.05, 0.1) is 12.0 Å². The van der Waals surface area contributed by atoms with Crippen molar-refractivity contribution in [2.75, 3.05) is 0 Å². The van der Waals surface area contributed by atoms with Crippen LogP contribution in [0.5, 0.6) is 0 Å². The van der Waals surface area contributed by atoms with Crippen LogP contribution in [0.2, 0.25) is 0 Å². The Morgan fingerprint density at radius 3 is 2.37 bits per heavy atom. The number of carboxylic acid groups (broad SMARTS) is 1. The van der Waals surface area contributed by atoms with E-state index in [-0.39, 0.29) is 12.8 Å². The van der Waals surface area contributed by atoms with Crippen molar-refractivity contribution in [3.8, 4) is 0 Å². The molecule has 0 heterocycles. The first-order valence-corrected chi connectivity index (χ1v) is 5.71. The Balaban J connectivity index is 4.50. The van der Waals surface area contributed by atoms with Gasteiger partial charge in [0.2, 0.25) is 11.7 Å². The second kappa shape index (κ2) is 8.12. The molecule has 0 aromatic carbocycles. The van der Waals surface area contributed by atoms with Gasteiger partial charge in [-0.05, 0) is 13.3 Å². The lowest BCUT2D eigenvalue weighted by Gasteiger charge is -2.18. The number of rotatable bonds is 8. The molecule has 0 saturated carbocycles. The van der Waals surface area contributed by atoms with E-state index in [1.807, 2.05) is 0 Å². The molecular formula is C11H17N3O5. The van der Waals surface area contributed by atoms with E-state index in [2.05, 4.69) is 10.1 Å². The zero-order valence-corrected chi connectivity index (χ0v) is 10.7. The van der Waals surface area contributed by atoms with Crippen LogP contribution in [-0.2, 0) is 14.4 Å². The molecular weight excluding hydrogens is 254 g/mol. The summed E-state index contributed by atoms with van der Waals surface area (Å²) >= 11 is 0. The van der Waals surface area contributed by atoms with Gasteiger partial charge in [-0.3, -0.25) is 9.59 Å². The zero-order valence-electron chi connectivity index (χ0n) is 10.7. The van der Waals surface area contributed by atoms with E-state index in [9.17, 15) is 19.5 Å². The average Bonchev–Trinajstić information content (AvgIpc) is 2.32. The van der Waals surface area contributed by atoms with Crippen LogP contribution < -0.4 is 5.32 Å². The zero-order chi connectivity index (χ0) is 15.0. The standard InChI is InChI=1S/C11H17N3O5/c1-6(7(2)15)10(17)14-9(11(18)19)4-3-8(16)5-13-12/h5-7,9,15H,3-4H2,1-2H3,(H,14,17)(H,18,19)/t6-,7+,9+/m1/s1. The average molecular weight is 271 g/mol. The molecule has 0 fully saturated rings. The van der Waals surface area contributed by atoms with Crippen molar-refractivity contribution in [3.05, 3.63) is 5.53 Å². The Bertz CT molecular complexity index is 401. The molecule has 0 radical (unpaired) electrons. The fourth-order valence-corrected chi connectivity index (χ4v) is 1.20. The number of ketones is 1. The summed E-state index contributed by atoms with van der Waals surface area (Å²) in [4.78, 5) is 36.1. The lowest BCUT2D eigenvalue weighted by atomic mass is 10.0. The number of aliphatic hydroxyl groups is 1. The number of aliphatic carboxylic acids is 1. The molecule has 0 unspecified atom stereocenters. The molecule has 0 spiro atoms. The summed E-state index contributed by atoms with van der Waals surface area (Å²) in [6.07, 6.45) is -0.542. The third kappa shape index (κ3) is 6.44. The van der Waals surface area contributed by atoms with Crippen LogP contribution in [0.25, 0.3) is 5.53 Å². The lowest BCUT2D eigenvalue weighted by molar-refractivity contribution is -0.143. The van der Waals surface area contributed by atoms with Crippen molar-refractivity contribution < 1.29 is 29.4 Å². The summed E-state index contributed by atoms with van der Waals surface area (Å²) in [6.45, 7) is 2.88. The summed E-state index contributed by atoms with van der Waals surface area (Å²) in [5.74, 6) is -3.19. The fraction of sp³-hybridized carbons (Fsp3) is 0.636. The van der Waals surface area contributed by atoms with E-state index in [1.54, 1.807) is 0 Å². The quantitative estimate of drug-likeness (QED) is 0.302. The molecule has 19 heavy (non-hydrogen) atoms.